The lowest BCUT2D eigenvalue weighted by molar-refractivity contribution is -0.137. The summed E-state index contributed by atoms with van der Waals surface area (Å²) in [6, 6.07) is 40.5. The summed E-state index contributed by atoms with van der Waals surface area (Å²) >= 11 is 0. The summed E-state index contributed by atoms with van der Waals surface area (Å²) in [7, 11) is 0. The van der Waals surface area contributed by atoms with E-state index >= 15 is 0 Å². The molecule has 0 fully saturated rings. The fourth-order valence-corrected chi connectivity index (χ4v) is 8.12. The predicted octanol–water partition coefficient (Wildman–Crippen LogP) is 14.8. The van der Waals surface area contributed by atoms with Crippen LogP contribution in [0.3, 0.4) is 0 Å². The smallest absolute Gasteiger partial charge is 0.343 e. The van der Waals surface area contributed by atoms with Crippen LogP contribution in [-0.4, -0.2) is 48.0 Å². The molecule has 75 heavy (non-hydrogen) atoms. The highest BCUT2D eigenvalue weighted by molar-refractivity contribution is 5.93. The highest BCUT2D eigenvalue weighted by atomic mass is 16.6. The van der Waals surface area contributed by atoms with Gasteiger partial charge < -0.3 is 28.4 Å². The van der Waals surface area contributed by atoms with Crippen molar-refractivity contribution in [3.05, 3.63) is 168 Å². The van der Waals surface area contributed by atoms with Crippen LogP contribution in [0.25, 0.3) is 22.3 Å². The maximum atomic E-state index is 12.9. The van der Waals surface area contributed by atoms with Crippen molar-refractivity contribution in [2.24, 2.45) is 5.92 Å². The Labute approximate surface area is 440 Å². The van der Waals surface area contributed by atoms with Crippen LogP contribution in [0.15, 0.2) is 146 Å². The third-order valence-corrected chi connectivity index (χ3v) is 12.6. The van der Waals surface area contributed by atoms with Crippen molar-refractivity contribution in [2.45, 2.75) is 130 Å². The molecule has 6 aromatic rings. The Hall–Kier alpha value is -7.86. The van der Waals surface area contributed by atoms with Gasteiger partial charge in [0, 0.05) is 12.8 Å². The van der Waals surface area contributed by atoms with Gasteiger partial charge in [-0.15, -0.1) is 0 Å². The third kappa shape index (κ3) is 18.5. The molecule has 0 spiro atoms. The van der Waals surface area contributed by atoms with Gasteiger partial charge in [0.1, 0.15) is 23.0 Å². The van der Waals surface area contributed by atoms with Gasteiger partial charge >= 0.3 is 35.8 Å². The van der Waals surface area contributed by atoms with E-state index in [-0.39, 0.29) is 65.5 Å². The van der Waals surface area contributed by atoms with Gasteiger partial charge in [-0.1, -0.05) is 108 Å². The number of unbranched alkanes of at least 4 members (excludes halogenated alkanes) is 6. The quantitative estimate of drug-likeness (QED) is 0.0274. The number of carbonyl (C=O) groups excluding carboxylic acids is 6. The summed E-state index contributed by atoms with van der Waals surface area (Å²) in [6.07, 6.45) is 10.9. The molecule has 0 aliphatic carbocycles. The fourth-order valence-electron chi connectivity index (χ4n) is 8.12. The molecule has 12 nitrogen and oxygen atoms in total. The van der Waals surface area contributed by atoms with Crippen LogP contribution in [-0.2, 0) is 19.1 Å². The monoisotopic (exact) mass is 1020 g/mol. The molecule has 0 aromatic heterocycles. The summed E-state index contributed by atoms with van der Waals surface area (Å²) < 4.78 is 33.3. The summed E-state index contributed by atoms with van der Waals surface area (Å²) in [6.45, 7) is 10.0. The summed E-state index contributed by atoms with van der Waals surface area (Å²) in [4.78, 5) is 76.5. The van der Waals surface area contributed by atoms with E-state index in [1.807, 2.05) is 69.3 Å². The Morgan fingerprint density at radius 2 is 0.653 bits per heavy atom. The van der Waals surface area contributed by atoms with Crippen LogP contribution in [0.5, 0.6) is 23.0 Å². The Bertz CT molecular complexity index is 2780. The molecule has 0 radical (unpaired) electrons. The van der Waals surface area contributed by atoms with Crippen LogP contribution >= 0.6 is 0 Å². The molecule has 0 saturated heterocycles. The lowest BCUT2D eigenvalue weighted by Gasteiger charge is -2.13. The maximum absolute atomic E-state index is 12.9. The van der Waals surface area contributed by atoms with Crippen molar-refractivity contribution in [1.29, 1.82) is 0 Å². The number of hydrogen-bond acceptors (Lipinski definition) is 12. The highest BCUT2D eigenvalue weighted by Crippen LogP contribution is 2.27. The van der Waals surface area contributed by atoms with Crippen molar-refractivity contribution in [2.75, 3.05) is 0 Å². The van der Waals surface area contributed by atoms with E-state index in [2.05, 4.69) is 13.8 Å². The van der Waals surface area contributed by atoms with Crippen LogP contribution < -0.4 is 18.9 Å². The Kier molecular flexibility index (Phi) is 21.9. The fraction of sp³-hybridized carbons (Fsp3) is 0.333. The standard InChI is InChI=1S/C63H68O12/c1-6-8-10-12-14-44(4)70-60(66)50-21-17-46(18-22-50)48-25-33-56(34-26-48)74-62(68)52-29-37-54(38-30-52)72-58(64)41-16-43(3)42-59(65)73-55-39-31-53(32-40-55)63(69)75-57-35-27-49(28-36-57)47-19-23-51(24-20-47)61(67)71-45(5)15-13-11-9-7-2/h17-40,43-45H,6-16,41-42H2,1-5H3/t43-,44-,45-/m1/s1. The van der Waals surface area contributed by atoms with Crippen LogP contribution in [0.4, 0.5) is 0 Å². The predicted molar refractivity (Wildman–Crippen MR) is 288 cm³/mol. The van der Waals surface area contributed by atoms with Crippen molar-refractivity contribution >= 4 is 35.8 Å². The molecule has 0 N–H and O–H groups in total. The SMILES string of the molecule is CCCCCC[C@@H](C)OC(=O)c1ccc(-c2ccc(OC(=O)c3ccc(OC(=O)CC[C@@H](C)CC(=O)Oc4ccc(C(=O)Oc5ccc(-c6ccc(C(=O)O[C@H](C)CCCCCC)cc6)cc5)cc4)cc3)cc2)cc1. The normalized spacial score (nSPS) is 12.1. The molecule has 12 heteroatoms. The molecule has 6 aromatic carbocycles. The summed E-state index contributed by atoms with van der Waals surface area (Å²) in [5.41, 5.74) is 5.04. The van der Waals surface area contributed by atoms with E-state index in [1.54, 1.807) is 48.5 Å². The highest BCUT2D eigenvalue weighted by Gasteiger charge is 2.18. The first-order chi connectivity index (χ1) is 36.3. The van der Waals surface area contributed by atoms with E-state index < -0.39 is 23.9 Å². The lowest BCUT2D eigenvalue weighted by Crippen LogP contribution is -2.15. The number of benzene rings is 6. The molecule has 0 unspecified atom stereocenters. The molecule has 3 atom stereocenters. The van der Waals surface area contributed by atoms with E-state index in [1.165, 1.54) is 61.4 Å². The molecule has 0 aliphatic rings. The second-order valence-corrected chi connectivity index (χ2v) is 19.0. The molecular weight excluding hydrogens is 949 g/mol. The molecule has 0 saturated carbocycles. The van der Waals surface area contributed by atoms with E-state index in [0.717, 1.165) is 73.6 Å². The Balaban J connectivity index is 0.863. The summed E-state index contributed by atoms with van der Waals surface area (Å²) in [5, 5.41) is 0. The average molecular weight is 1020 g/mol. The van der Waals surface area contributed by atoms with E-state index in [0.29, 0.717) is 29.0 Å². The second kappa shape index (κ2) is 29.1. The molecule has 0 bridgehead atoms. The lowest BCUT2D eigenvalue weighted by atomic mass is 10.0. The molecular formula is C63H68O12. The van der Waals surface area contributed by atoms with Gasteiger partial charge in [0.25, 0.3) is 0 Å². The molecule has 392 valence electrons. The van der Waals surface area contributed by atoms with Gasteiger partial charge in [-0.2, -0.15) is 0 Å². The van der Waals surface area contributed by atoms with Crippen LogP contribution in [0, 0.1) is 5.92 Å². The van der Waals surface area contributed by atoms with Crippen LogP contribution in [0.2, 0.25) is 0 Å². The van der Waals surface area contributed by atoms with E-state index in [9.17, 15) is 28.8 Å². The molecule has 0 amide bonds. The summed E-state index contributed by atoms with van der Waals surface area (Å²) in [5.74, 6) is -1.83. The Morgan fingerprint density at radius 3 is 1.03 bits per heavy atom. The van der Waals surface area contributed by atoms with Gasteiger partial charge in [0.2, 0.25) is 0 Å². The minimum Gasteiger partial charge on any atom is -0.459 e. The van der Waals surface area contributed by atoms with Gasteiger partial charge in [-0.05, 0) is 171 Å². The zero-order valence-electron chi connectivity index (χ0n) is 43.7. The van der Waals surface area contributed by atoms with Crippen molar-refractivity contribution in [3.63, 3.8) is 0 Å². The zero-order valence-corrected chi connectivity index (χ0v) is 43.7. The largest absolute Gasteiger partial charge is 0.459 e. The first kappa shape index (κ1) is 56.4. The van der Waals surface area contributed by atoms with Crippen molar-refractivity contribution in [3.8, 4) is 45.3 Å². The van der Waals surface area contributed by atoms with E-state index in [4.69, 9.17) is 28.4 Å². The molecule has 0 aliphatic heterocycles. The van der Waals surface area contributed by atoms with Crippen molar-refractivity contribution in [1.82, 2.24) is 0 Å². The Morgan fingerprint density at radius 1 is 0.347 bits per heavy atom. The third-order valence-electron chi connectivity index (χ3n) is 12.6. The number of esters is 6. The average Bonchev–Trinajstić information content (AvgIpc) is 3.41. The van der Waals surface area contributed by atoms with Gasteiger partial charge in [0.05, 0.1) is 34.5 Å². The maximum Gasteiger partial charge on any atom is 0.343 e. The van der Waals surface area contributed by atoms with Gasteiger partial charge in [0.15, 0.2) is 0 Å². The van der Waals surface area contributed by atoms with Gasteiger partial charge in [-0.25, -0.2) is 19.2 Å². The van der Waals surface area contributed by atoms with Crippen LogP contribution in [0.1, 0.15) is 160 Å². The first-order valence-electron chi connectivity index (χ1n) is 26.2. The topological polar surface area (TPSA) is 158 Å². The minimum absolute atomic E-state index is 0.0474. The zero-order chi connectivity index (χ0) is 53.5. The number of ether oxygens (including phenoxy) is 6. The number of rotatable bonds is 27. The molecule has 6 rings (SSSR count). The number of carbonyl (C=O) groups is 6. The van der Waals surface area contributed by atoms with Gasteiger partial charge in [-0.3, -0.25) is 9.59 Å². The second-order valence-electron chi connectivity index (χ2n) is 19.0. The molecule has 0 heterocycles. The first-order valence-corrected chi connectivity index (χ1v) is 26.2. The number of hydrogen-bond donors (Lipinski definition) is 0. The minimum atomic E-state index is -0.583. The van der Waals surface area contributed by atoms with Crippen molar-refractivity contribution < 1.29 is 57.2 Å².